The molecule has 0 aromatic heterocycles. The van der Waals surface area contributed by atoms with Crippen molar-refractivity contribution in [3.63, 3.8) is 0 Å². The van der Waals surface area contributed by atoms with E-state index in [1.54, 1.807) is 18.2 Å². The van der Waals surface area contributed by atoms with Crippen molar-refractivity contribution in [2.24, 2.45) is 0 Å². The van der Waals surface area contributed by atoms with E-state index < -0.39 is 0 Å². The number of anilines is 1. The van der Waals surface area contributed by atoms with Gasteiger partial charge in [0.1, 0.15) is 0 Å². The van der Waals surface area contributed by atoms with Crippen molar-refractivity contribution in [2.75, 3.05) is 19.4 Å². The van der Waals surface area contributed by atoms with Crippen LogP contribution in [0.1, 0.15) is 32.6 Å². The molecule has 1 aliphatic rings. The van der Waals surface area contributed by atoms with Gasteiger partial charge in [-0.15, -0.1) is 0 Å². The quantitative estimate of drug-likeness (QED) is 0.818. The van der Waals surface area contributed by atoms with Gasteiger partial charge < -0.3 is 9.80 Å². The lowest BCUT2D eigenvalue weighted by atomic mass is 10.1. The van der Waals surface area contributed by atoms with Gasteiger partial charge in [0, 0.05) is 15.7 Å². The second kappa shape index (κ2) is 6.55. The molecule has 0 heterocycles. The van der Waals surface area contributed by atoms with Crippen LogP contribution in [0, 0.1) is 0 Å². The summed E-state index contributed by atoms with van der Waals surface area (Å²) >= 11 is 11.9. The number of nitrogens with zero attached hydrogens (tertiary/aromatic N) is 1. The monoisotopic (exact) mass is 329 g/mol. The van der Waals surface area contributed by atoms with Crippen LogP contribution < -0.4 is 5.32 Å². The molecule has 5 heteroatoms. The number of hydrogen-bond acceptors (Lipinski definition) is 1. The van der Waals surface area contributed by atoms with E-state index in [2.05, 4.69) is 19.4 Å². The maximum atomic E-state index is 12.5. The maximum absolute atomic E-state index is 12.5. The van der Waals surface area contributed by atoms with Crippen molar-refractivity contribution < 1.29 is 9.28 Å². The molecule has 0 spiro atoms. The first-order chi connectivity index (χ1) is 9.80. The van der Waals surface area contributed by atoms with E-state index >= 15 is 0 Å². The molecule has 1 aromatic rings. The zero-order chi connectivity index (χ0) is 15.6. The minimum absolute atomic E-state index is 0.00485. The van der Waals surface area contributed by atoms with Crippen molar-refractivity contribution in [1.82, 2.24) is 0 Å². The van der Waals surface area contributed by atoms with Crippen LogP contribution in [0.15, 0.2) is 18.2 Å². The van der Waals surface area contributed by atoms with Crippen molar-refractivity contribution in [3.8, 4) is 0 Å². The molecular formula is C16H23Cl2N2O+. The molecular weight excluding hydrogens is 307 g/mol. The van der Waals surface area contributed by atoms with E-state index in [1.165, 1.54) is 25.7 Å². The fourth-order valence-electron chi connectivity index (χ4n) is 3.06. The van der Waals surface area contributed by atoms with Gasteiger partial charge >= 0.3 is 0 Å². The minimum atomic E-state index is -0.120. The largest absolute Gasteiger partial charge is 0.321 e. The minimum Gasteiger partial charge on any atom is -0.321 e. The molecule has 0 saturated heterocycles. The summed E-state index contributed by atoms with van der Waals surface area (Å²) in [6, 6.07) is 5.53. The average Bonchev–Trinajstić information content (AvgIpc) is 2.90. The molecule has 2 rings (SSSR count). The van der Waals surface area contributed by atoms with Crippen LogP contribution in [0.4, 0.5) is 5.69 Å². The summed E-state index contributed by atoms with van der Waals surface area (Å²) < 4.78 is 0.722. The van der Waals surface area contributed by atoms with Gasteiger partial charge in [-0.05, 0) is 50.8 Å². The maximum Gasteiger partial charge on any atom is 0.282 e. The third kappa shape index (κ3) is 3.91. The fraction of sp³-hybridized carbons (Fsp3) is 0.562. The van der Waals surface area contributed by atoms with Crippen molar-refractivity contribution in [2.45, 2.75) is 44.7 Å². The number of benzene rings is 1. The summed E-state index contributed by atoms with van der Waals surface area (Å²) in [5.74, 6) is 0.00485. The van der Waals surface area contributed by atoms with Gasteiger partial charge in [0.2, 0.25) is 0 Å². The normalized spacial score (nSPS) is 17.8. The average molecular weight is 330 g/mol. The van der Waals surface area contributed by atoms with Crippen LogP contribution in [-0.2, 0) is 4.79 Å². The molecule has 3 nitrogen and oxygen atoms in total. The first kappa shape index (κ1) is 16.6. The van der Waals surface area contributed by atoms with Gasteiger partial charge in [-0.3, -0.25) is 4.79 Å². The number of rotatable bonds is 4. The summed E-state index contributed by atoms with van der Waals surface area (Å²) in [5.41, 5.74) is 0.649. The molecule has 1 amide bonds. The topological polar surface area (TPSA) is 29.1 Å². The number of nitrogens with one attached hydrogen (secondary N) is 1. The third-order valence-electron chi connectivity index (χ3n) is 4.77. The van der Waals surface area contributed by atoms with E-state index in [-0.39, 0.29) is 11.9 Å². The summed E-state index contributed by atoms with van der Waals surface area (Å²) in [6.07, 6.45) is 4.94. The highest BCUT2D eigenvalue weighted by atomic mass is 35.5. The Hall–Kier alpha value is -0.770. The highest BCUT2D eigenvalue weighted by Gasteiger charge is 2.39. The van der Waals surface area contributed by atoms with Gasteiger partial charge in [-0.1, -0.05) is 23.2 Å². The van der Waals surface area contributed by atoms with Gasteiger partial charge in [0.25, 0.3) is 5.91 Å². The molecule has 1 aliphatic carbocycles. The van der Waals surface area contributed by atoms with Crippen LogP contribution >= 0.6 is 23.2 Å². The van der Waals surface area contributed by atoms with Crippen LogP contribution in [-0.4, -0.2) is 36.6 Å². The number of halogens is 2. The molecule has 0 bridgehead atoms. The summed E-state index contributed by atoms with van der Waals surface area (Å²) in [6.45, 7) is 1.99. The second-order valence-electron chi connectivity index (χ2n) is 6.39. The Kier molecular flexibility index (Phi) is 5.18. The molecule has 116 valence electrons. The molecule has 0 radical (unpaired) electrons. The van der Waals surface area contributed by atoms with Gasteiger partial charge in [-0.2, -0.15) is 0 Å². The highest BCUT2D eigenvalue weighted by molar-refractivity contribution is 6.35. The second-order valence-corrected chi connectivity index (χ2v) is 7.26. The number of quaternary nitrogens is 1. The van der Waals surface area contributed by atoms with E-state index in [4.69, 9.17) is 23.2 Å². The lowest BCUT2D eigenvalue weighted by molar-refractivity contribution is -0.927. The number of hydrogen-bond donors (Lipinski definition) is 1. The SMILES string of the molecule is C[C@H](C(=O)Nc1cc(Cl)cc(Cl)c1)[N+](C)(C)C1CCCC1. The molecule has 1 aromatic carbocycles. The van der Waals surface area contributed by atoms with Crippen molar-refractivity contribution in [1.29, 1.82) is 0 Å². The Balaban J connectivity index is 2.08. The number of carbonyl (C=O) groups is 1. The first-order valence-electron chi connectivity index (χ1n) is 7.41. The first-order valence-corrected chi connectivity index (χ1v) is 8.16. The molecule has 1 saturated carbocycles. The number of carbonyl (C=O) groups excluding carboxylic acids is 1. The van der Waals surface area contributed by atoms with Crippen molar-refractivity contribution >= 4 is 34.8 Å². The van der Waals surface area contributed by atoms with Gasteiger partial charge in [-0.25, -0.2) is 0 Å². The van der Waals surface area contributed by atoms with E-state index in [0.29, 0.717) is 21.8 Å². The zero-order valence-corrected chi connectivity index (χ0v) is 14.3. The third-order valence-corrected chi connectivity index (χ3v) is 5.21. The van der Waals surface area contributed by atoms with Crippen LogP contribution in [0.2, 0.25) is 10.0 Å². The van der Waals surface area contributed by atoms with Gasteiger partial charge in [0.05, 0.1) is 20.1 Å². The van der Waals surface area contributed by atoms with Crippen LogP contribution in [0.25, 0.3) is 0 Å². The van der Waals surface area contributed by atoms with E-state index in [0.717, 1.165) is 4.48 Å². The summed E-state index contributed by atoms with van der Waals surface area (Å²) in [7, 11) is 4.29. The molecule has 1 atom stereocenters. The Morgan fingerprint density at radius 1 is 1.19 bits per heavy atom. The Morgan fingerprint density at radius 3 is 2.24 bits per heavy atom. The number of amides is 1. The molecule has 1 N–H and O–H groups in total. The summed E-state index contributed by atoms with van der Waals surface area (Å²) in [5, 5.41) is 3.98. The Bertz CT molecular complexity index is 505. The predicted octanol–water partition coefficient (Wildman–Crippen LogP) is 4.34. The summed E-state index contributed by atoms with van der Waals surface area (Å²) in [4.78, 5) is 12.5. The Morgan fingerprint density at radius 2 is 1.71 bits per heavy atom. The molecule has 1 fully saturated rings. The smallest absolute Gasteiger partial charge is 0.282 e. The van der Waals surface area contributed by atoms with Gasteiger partial charge in [0.15, 0.2) is 6.04 Å². The lowest BCUT2D eigenvalue weighted by Gasteiger charge is -2.40. The highest BCUT2D eigenvalue weighted by Crippen LogP contribution is 2.29. The van der Waals surface area contributed by atoms with E-state index in [9.17, 15) is 4.79 Å². The van der Waals surface area contributed by atoms with Crippen LogP contribution in [0.5, 0.6) is 0 Å². The fourth-order valence-corrected chi connectivity index (χ4v) is 3.59. The lowest BCUT2D eigenvalue weighted by Crippen LogP contribution is -2.57. The molecule has 0 aliphatic heterocycles. The standard InChI is InChI=1S/C16H22Cl2N2O/c1-11(20(2,3)15-6-4-5-7-15)16(21)19-14-9-12(17)8-13(18)10-14/h8-11,15H,4-7H2,1-3H3/p+1/t11-/m1/s1. The Labute approximate surface area is 136 Å². The van der Waals surface area contributed by atoms with Crippen molar-refractivity contribution in [3.05, 3.63) is 28.2 Å². The predicted molar refractivity (Wildman–Crippen MR) is 88.9 cm³/mol. The molecule has 0 unspecified atom stereocenters. The van der Waals surface area contributed by atoms with Crippen LogP contribution in [0.3, 0.4) is 0 Å². The number of likely N-dealkylation sites (N-methyl/N-ethyl adjacent to an activating group) is 1. The van der Waals surface area contributed by atoms with E-state index in [1.807, 2.05) is 6.92 Å². The zero-order valence-electron chi connectivity index (χ0n) is 12.8. The molecule has 21 heavy (non-hydrogen) atoms.